The highest BCUT2D eigenvalue weighted by molar-refractivity contribution is 6.29. The summed E-state index contributed by atoms with van der Waals surface area (Å²) in [6, 6.07) is 1.68. The van der Waals surface area contributed by atoms with Crippen molar-refractivity contribution in [2.75, 3.05) is 7.05 Å². The average molecular weight is 147 g/mol. The molecule has 1 N–H and O–H groups in total. The molecule has 0 aromatic carbocycles. The highest BCUT2D eigenvalue weighted by atomic mass is 35.5. The lowest BCUT2D eigenvalue weighted by Crippen LogP contribution is -2.03. The third-order valence-corrected chi connectivity index (χ3v) is 1.06. The number of halogens is 1. The molecule has 0 radical (unpaired) electrons. The maximum Gasteiger partial charge on any atom is 0.172 e. The Morgan fingerprint density at radius 1 is 1.89 bits per heavy atom. The van der Waals surface area contributed by atoms with Crippen molar-refractivity contribution in [3.63, 3.8) is 0 Å². The fourth-order valence-electron chi connectivity index (χ4n) is 0.545. The zero-order valence-electron chi connectivity index (χ0n) is 5.02. The van der Waals surface area contributed by atoms with Crippen LogP contribution in [0.5, 0.6) is 0 Å². The summed E-state index contributed by atoms with van der Waals surface area (Å²) >= 11 is 5.46. The van der Waals surface area contributed by atoms with Gasteiger partial charge < -0.3 is 9.84 Å². The normalized spacial score (nSPS) is 10.0. The van der Waals surface area contributed by atoms with Crippen molar-refractivity contribution >= 4 is 11.6 Å². The molecule has 0 saturated heterocycles. The maximum atomic E-state index is 5.46. The van der Waals surface area contributed by atoms with E-state index < -0.39 is 0 Å². The second-order valence-electron chi connectivity index (χ2n) is 1.65. The molecule has 0 amide bonds. The zero-order chi connectivity index (χ0) is 6.69. The average Bonchev–Trinajstić information content (AvgIpc) is 2.17. The van der Waals surface area contributed by atoms with Gasteiger partial charge in [0, 0.05) is 6.07 Å². The Labute approximate surface area is 58.0 Å². The van der Waals surface area contributed by atoms with Crippen LogP contribution in [-0.2, 0) is 6.54 Å². The van der Waals surface area contributed by atoms with Gasteiger partial charge in [-0.3, -0.25) is 0 Å². The number of nitrogens with one attached hydrogen (secondary N) is 1. The topological polar surface area (TPSA) is 38.1 Å². The van der Waals surface area contributed by atoms with Gasteiger partial charge in [0.15, 0.2) is 10.9 Å². The summed E-state index contributed by atoms with van der Waals surface area (Å²) in [5.74, 6) is 0.752. The SMILES string of the molecule is CNCc1cc(Cl)no1. The first-order chi connectivity index (χ1) is 4.33. The molecule has 0 fully saturated rings. The van der Waals surface area contributed by atoms with E-state index in [1.54, 1.807) is 6.07 Å². The predicted molar refractivity (Wildman–Crippen MR) is 34.3 cm³/mol. The molecule has 0 aliphatic rings. The molecule has 0 unspecified atom stereocenters. The van der Waals surface area contributed by atoms with E-state index in [1.807, 2.05) is 7.05 Å². The molecule has 3 nitrogen and oxygen atoms in total. The summed E-state index contributed by atoms with van der Waals surface area (Å²) in [6.07, 6.45) is 0. The first-order valence-corrected chi connectivity index (χ1v) is 2.96. The Hall–Kier alpha value is -0.540. The first-order valence-electron chi connectivity index (χ1n) is 2.58. The number of hydrogen-bond acceptors (Lipinski definition) is 3. The molecule has 1 heterocycles. The Morgan fingerprint density at radius 2 is 2.67 bits per heavy atom. The maximum absolute atomic E-state index is 5.46. The van der Waals surface area contributed by atoms with E-state index in [0.29, 0.717) is 11.7 Å². The highest BCUT2D eigenvalue weighted by Gasteiger charge is 1.97. The van der Waals surface area contributed by atoms with Crippen molar-refractivity contribution in [1.82, 2.24) is 10.5 Å². The van der Waals surface area contributed by atoms with Gasteiger partial charge in [-0.2, -0.15) is 0 Å². The lowest BCUT2D eigenvalue weighted by molar-refractivity contribution is 0.377. The first kappa shape index (κ1) is 6.58. The van der Waals surface area contributed by atoms with Crippen molar-refractivity contribution < 1.29 is 4.52 Å². The molecule has 1 aromatic heterocycles. The molecular formula is C5H7ClN2O. The Bertz CT molecular complexity index is 187. The van der Waals surface area contributed by atoms with Crippen LogP contribution in [0.25, 0.3) is 0 Å². The molecule has 0 aliphatic heterocycles. The van der Waals surface area contributed by atoms with Gasteiger partial charge in [0.25, 0.3) is 0 Å². The third-order valence-electron chi connectivity index (χ3n) is 0.881. The molecule has 0 aliphatic carbocycles. The van der Waals surface area contributed by atoms with E-state index in [9.17, 15) is 0 Å². The minimum Gasteiger partial charge on any atom is -0.358 e. The molecule has 50 valence electrons. The van der Waals surface area contributed by atoms with E-state index >= 15 is 0 Å². The summed E-state index contributed by atoms with van der Waals surface area (Å²) in [5.41, 5.74) is 0. The van der Waals surface area contributed by atoms with Crippen LogP contribution in [0.4, 0.5) is 0 Å². The van der Waals surface area contributed by atoms with Crippen molar-refractivity contribution in [1.29, 1.82) is 0 Å². The van der Waals surface area contributed by atoms with Crippen LogP contribution in [0.3, 0.4) is 0 Å². The number of aromatic nitrogens is 1. The number of rotatable bonds is 2. The fraction of sp³-hybridized carbons (Fsp3) is 0.400. The Balaban J connectivity index is 2.61. The quantitative estimate of drug-likeness (QED) is 0.678. The number of nitrogens with zero attached hydrogens (tertiary/aromatic N) is 1. The van der Waals surface area contributed by atoms with Gasteiger partial charge in [-0.15, -0.1) is 0 Å². The molecule has 0 spiro atoms. The fourth-order valence-corrected chi connectivity index (χ4v) is 0.702. The minimum absolute atomic E-state index is 0.403. The molecule has 0 atom stereocenters. The highest BCUT2D eigenvalue weighted by Crippen LogP contribution is 2.07. The van der Waals surface area contributed by atoms with Gasteiger partial charge in [-0.1, -0.05) is 16.8 Å². The lowest BCUT2D eigenvalue weighted by atomic mass is 10.5. The van der Waals surface area contributed by atoms with Crippen LogP contribution in [0.2, 0.25) is 5.15 Å². The van der Waals surface area contributed by atoms with Gasteiger partial charge in [0.05, 0.1) is 6.54 Å². The summed E-state index contributed by atoms with van der Waals surface area (Å²) in [5, 5.41) is 6.79. The van der Waals surface area contributed by atoms with Gasteiger partial charge in [0.1, 0.15) is 0 Å². The van der Waals surface area contributed by atoms with Crippen LogP contribution in [0.1, 0.15) is 5.76 Å². The van der Waals surface area contributed by atoms with E-state index in [1.165, 1.54) is 0 Å². The molecule has 1 aromatic rings. The van der Waals surface area contributed by atoms with Crippen LogP contribution >= 0.6 is 11.6 Å². The summed E-state index contributed by atoms with van der Waals surface area (Å²) < 4.78 is 4.76. The van der Waals surface area contributed by atoms with Crippen LogP contribution in [0.15, 0.2) is 10.6 Å². The van der Waals surface area contributed by atoms with Crippen molar-refractivity contribution in [2.45, 2.75) is 6.54 Å². The van der Waals surface area contributed by atoms with E-state index in [0.717, 1.165) is 5.76 Å². The van der Waals surface area contributed by atoms with Crippen LogP contribution in [-0.4, -0.2) is 12.2 Å². The lowest BCUT2D eigenvalue weighted by Gasteiger charge is -1.87. The van der Waals surface area contributed by atoms with Crippen LogP contribution < -0.4 is 5.32 Å². The van der Waals surface area contributed by atoms with E-state index in [4.69, 9.17) is 16.1 Å². The second-order valence-corrected chi connectivity index (χ2v) is 2.03. The predicted octanol–water partition coefficient (Wildman–Crippen LogP) is 1.05. The molecule has 0 bridgehead atoms. The van der Waals surface area contributed by atoms with Gasteiger partial charge in [0.2, 0.25) is 0 Å². The van der Waals surface area contributed by atoms with E-state index in [2.05, 4.69) is 10.5 Å². The molecule has 1 rings (SSSR count). The summed E-state index contributed by atoms with van der Waals surface area (Å²) in [4.78, 5) is 0. The molecule has 9 heavy (non-hydrogen) atoms. The third kappa shape index (κ3) is 1.69. The van der Waals surface area contributed by atoms with Gasteiger partial charge in [-0.25, -0.2) is 0 Å². The monoisotopic (exact) mass is 146 g/mol. The Kier molecular flexibility index (Phi) is 2.08. The zero-order valence-corrected chi connectivity index (χ0v) is 5.77. The minimum atomic E-state index is 0.403. The van der Waals surface area contributed by atoms with Crippen LogP contribution in [0, 0.1) is 0 Å². The Morgan fingerprint density at radius 3 is 3.11 bits per heavy atom. The van der Waals surface area contributed by atoms with Crippen molar-refractivity contribution in [2.24, 2.45) is 0 Å². The standard InChI is InChI=1S/C5H7ClN2O/c1-7-3-4-2-5(6)8-9-4/h2,7H,3H2,1H3. The largest absolute Gasteiger partial charge is 0.358 e. The molecular weight excluding hydrogens is 140 g/mol. The number of hydrogen-bond donors (Lipinski definition) is 1. The van der Waals surface area contributed by atoms with Crippen molar-refractivity contribution in [3.05, 3.63) is 17.0 Å². The molecule has 4 heteroatoms. The van der Waals surface area contributed by atoms with Gasteiger partial charge in [-0.05, 0) is 7.05 Å². The second kappa shape index (κ2) is 2.85. The summed E-state index contributed by atoms with van der Waals surface area (Å²) in [6.45, 7) is 0.666. The smallest absolute Gasteiger partial charge is 0.172 e. The van der Waals surface area contributed by atoms with E-state index in [-0.39, 0.29) is 0 Å². The summed E-state index contributed by atoms with van der Waals surface area (Å²) in [7, 11) is 1.83. The van der Waals surface area contributed by atoms with Crippen molar-refractivity contribution in [3.8, 4) is 0 Å². The molecule has 0 saturated carbocycles. The van der Waals surface area contributed by atoms with Gasteiger partial charge >= 0.3 is 0 Å².